The molecule has 1 aromatic rings. The molecule has 5 nitrogen and oxygen atoms in total. The Balaban J connectivity index is 2.00. The zero-order chi connectivity index (χ0) is 17.5. The predicted octanol–water partition coefficient (Wildman–Crippen LogP) is 2.89. The van der Waals surface area contributed by atoms with E-state index in [1.807, 2.05) is 7.05 Å². The van der Waals surface area contributed by atoms with Crippen molar-refractivity contribution in [3.63, 3.8) is 0 Å². The number of aryl methyl sites for hydroxylation is 1. The van der Waals surface area contributed by atoms with Crippen molar-refractivity contribution in [1.29, 1.82) is 0 Å². The van der Waals surface area contributed by atoms with Gasteiger partial charge in [0.15, 0.2) is 0 Å². The Labute approximate surface area is 147 Å². The van der Waals surface area contributed by atoms with Gasteiger partial charge in [0.1, 0.15) is 0 Å². The first-order chi connectivity index (χ1) is 11.3. The summed E-state index contributed by atoms with van der Waals surface area (Å²) in [6.45, 7) is 6.54. The largest absolute Gasteiger partial charge is 0.478 e. The van der Waals surface area contributed by atoms with E-state index in [4.69, 9.17) is 10.6 Å². The maximum atomic E-state index is 12.1. The highest BCUT2D eigenvalue weighted by Crippen LogP contribution is 2.46. The van der Waals surface area contributed by atoms with Gasteiger partial charge >= 0.3 is 5.97 Å². The van der Waals surface area contributed by atoms with Crippen molar-refractivity contribution >= 4 is 17.3 Å². The van der Waals surface area contributed by atoms with Gasteiger partial charge in [-0.05, 0) is 36.7 Å². The van der Waals surface area contributed by atoms with Crippen LogP contribution in [-0.2, 0) is 17.6 Å². The lowest BCUT2D eigenvalue weighted by atomic mass is 9.75. The van der Waals surface area contributed by atoms with Crippen molar-refractivity contribution in [3.05, 3.63) is 20.9 Å². The molecule has 0 radical (unpaired) electrons. The van der Waals surface area contributed by atoms with Crippen molar-refractivity contribution in [3.8, 4) is 0 Å². The molecule has 2 atom stereocenters. The normalized spacial score (nSPS) is 26.4. The Kier molecular flexibility index (Phi) is 5.02. The Morgan fingerprint density at radius 1 is 1.50 bits per heavy atom. The minimum atomic E-state index is -0.772. The van der Waals surface area contributed by atoms with Gasteiger partial charge in [-0.3, -0.25) is 5.84 Å². The summed E-state index contributed by atoms with van der Waals surface area (Å²) >= 11 is 1.73. The van der Waals surface area contributed by atoms with Crippen LogP contribution in [0.3, 0.4) is 0 Å². The first-order valence-corrected chi connectivity index (χ1v) is 9.51. The van der Waals surface area contributed by atoms with Crippen LogP contribution in [0.5, 0.6) is 0 Å². The van der Waals surface area contributed by atoms with E-state index in [0.29, 0.717) is 18.8 Å². The molecule has 24 heavy (non-hydrogen) atoms. The van der Waals surface area contributed by atoms with E-state index >= 15 is 0 Å². The third-order valence-electron chi connectivity index (χ3n) is 5.35. The summed E-state index contributed by atoms with van der Waals surface area (Å²) in [6, 6.07) is 0. The van der Waals surface area contributed by atoms with Crippen LogP contribution in [-0.4, -0.2) is 42.9 Å². The monoisotopic (exact) mass is 352 g/mol. The topological polar surface area (TPSA) is 75.8 Å². The molecule has 2 heterocycles. The molecule has 1 saturated heterocycles. The van der Waals surface area contributed by atoms with Gasteiger partial charge in [-0.2, -0.15) is 0 Å². The third kappa shape index (κ3) is 3.52. The smallest absolute Gasteiger partial charge is 0.337 e. The molecule has 1 aliphatic carbocycles. The summed E-state index contributed by atoms with van der Waals surface area (Å²) in [7, 11) is 1.85. The van der Waals surface area contributed by atoms with Gasteiger partial charge in [-0.1, -0.05) is 13.8 Å². The molecule has 1 aliphatic heterocycles. The molecule has 0 amide bonds. The number of fused-ring (bicyclic) bond motifs is 1. The van der Waals surface area contributed by atoms with Crippen molar-refractivity contribution in [2.45, 2.75) is 45.4 Å². The lowest BCUT2D eigenvalue weighted by molar-refractivity contribution is 0.0278. The fraction of sp³-hybridized carbons (Fsp3) is 0.722. The van der Waals surface area contributed by atoms with E-state index in [1.165, 1.54) is 4.88 Å². The zero-order valence-electron chi connectivity index (χ0n) is 14.8. The molecule has 0 bridgehead atoms. The van der Waals surface area contributed by atoms with Gasteiger partial charge in [-0.25, -0.2) is 9.80 Å². The van der Waals surface area contributed by atoms with Gasteiger partial charge in [0.05, 0.1) is 12.2 Å². The van der Waals surface area contributed by atoms with Gasteiger partial charge < -0.3 is 9.84 Å². The quantitative estimate of drug-likeness (QED) is 0.644. The second kappa shape index (κ2) is 6.75. The minimum absolute atomic E-state index is 0.183. The molecule has 0 saturated carbocycles. The highest BCUT2D eigenvalue weighted by atomic mass is 32.1. The minimum Gasteiger partial charge on any atom is -0.478 e. The van der Waals surface area contributed by atoms with Crippen LogP contribution < -0.4 is 5.84 Å². The number of thiophene rings is 1. The van der Waals surface area contributed by atoms with Crippen LogP contribution in [0.4, 0.5) is 0 Å². The van der Waals surface area contributed by atoms with E-state index < -0.39 is 5.97 Å². The fourth-order valence-electron chi connectivity index (χ4n) is 4.13. The number of hydrogen-bond acceptors (Lipinski definition) is 5. The van der Waals surface area contributed by atoms with Crippen LogP contribution in [0, 0.1) is 11.3 Å². The Bertz CT molecular complexity index is 624. The summed E-state index contributed by atoms with van der Waals surface area (Å²) in [5.41, 5.74) is 1.85. The first kappa shape index (κ1) is 17.9. The molecule has 6 heteroatoms. The maximum absolute atomic E-state index is 12.1. The number of aromatic carboxylic acids is 1. The van der Waals surface area contributed by atoms with Crippen LogP contribution in [0.2, 0.25) is 0 Å². The number of ether oxygens (including phenoxy) is 1. The van der Waals surface area contributed by atoms with E-state index in [9.17, 15) is 9.90 Å². The van der Waals surface area contributed by atoms with Gasteiger partial charge in [0.2, 0.25) is 0 Å². The first-order valence-electron chi connectivity index (χ1n) is 8.70. The van der Waals surface area contributed by atoms with Crippen LogP contribution in [0.1, 0.15) is 58.3 Å². The van der Waals surface area contributed by atoms with Crippen molar-refractivity contribution < 1.29 is 14.6 Å². The number of carboxylic acids is 1. The Morgan fingerprint density at radius 2 is 2.25 bits per heavy atom. The second-order valence-electron chi connectivity index (χ2n) is 8.06. The molecule has 3 rings (SSSR count). The maximum Gasteiger partial charge on any atom is 0.337 e. The summed E-state index contributed by atoms with van der Waals surface area (Å²) in [5.74, 6) is 5.57. The second-order valence-corrected chi connectivity index (χ2v) is 9.20. The SMILES string of the molecule is CN(N)C[C@@H]1COCC[C@@H]1c1sc2c(c1C(=O)O)CC(C)(C)CC2. The zero-order valence-corrected chi connectivity index (χ0v) is 15.6. The van der Waals surface area contributed by atoms with Crippen LogP contribution >= 0.6 is 11.3 Å². The van der Waals surface area contributed by atoms with Crippen LogP contribution in [0.15, 0.2) is 0 Å². The highest BCUT2D eigenvalue weighted by Gasteiger charge is 2.37. The van der Waals surface area contributed by atoms with E-state index in [0.717, 1.165) is 42.7 Å². The molecular weight excluding hydrogens is 324 g/mol. The molecule has 2 aliphatic rings. The molecule has 1 fully saturated rings. The molecule has 1 aromatic heterocycles. The third-order valence-corrected chi connectivity index (χ3v) is 6.77. The lowest BCUT2D eigenvalue weighted by Gasteiger charge is -2.33. The van der Waals surface area contributed by atoms with E-state index in [-0.39, 0.29) is 17.3 Å². The average Bonchev–Trinajstić information content (AvgIpc) is 2.84. The lowest BCUT2D eigenvalue weighted by Crippen LogP contribution is -2.38. The number of hydrogen-bond donors (Lipinski definition) is 2. The van der Waals surface area contributed by atoms with Crippen molar-refractivity contribution in [2.24, 2.45) is 17.2 Å². The van der Waals surface area contributed by atoms with Crippen molar-refractivity contribution in [2.75, 3.05) is 26.8 Å². The molecule has 0 unspecified atom stereocenters. The molecule has 3 N–H and O–H groups in total. The number of nitrogens with zero attached hydrogens (tertiary/aromatic N) is 1. The molecule has 134 valence electrons. The molecular formula is C18H28N2O3S. The molecule has 0 aromatic carbocycles. The van der Waals surface area contributed by atoms with Crippen LogP contribution in [0.25, 0.3) is 0 Å². The summed E-state index contributed by atoms with van der Waals surface area (Å²) in [6.07, 6.45) is 3.87. The van der Waals surface area contributed by atoms with E-state index in [1.54, 1.807) is 16.3 Å². The number of hydrazine groups is 1. The van der Waals surface area contributed by atoms with Gasteiger partial charge in [-0.15, -0.1) is 11.3 Å². The highest BCUT2D eigenvalue weighted by molar-refractivity contribution is 7.12. The average molecular weight is 353 g/mol. The number of rotatable bonds is 4. The number of nitrogens with two attached hydrogens (primary N) is 1. The Hall–Kier alpha value is -0.950. The molecule has 0 spiro atoms. The summed E-state index contributed by atoms with van der Waals surface area (Å²) in [5, 5.41) is 11.6. The summed E-state index contributed by atoms with van der Waals surface area (Å²) < 4.78 is 5.65. The summed E-state index contributed by atoms with van der Waals surface area (Å²) in [4.78, 5) is 14.4. The van der Waals surface area contributed by atoms with Gasteiger partial charge in [0, 0.05) is 41.8 Å². The number of carboxylic acid groups (broad SMARTS) is 1. The predicted molar refractivity (Wildman–Crippen MR) is 95.6 cm³/mol. The fourth-order valence-corrected chi connectivity index (χ4v) is 5.67. The number of carbonyl (C=O) groups is 1. The Morgan fingerprint density at radius 3 is 2.92 bits per heavy atom. The standard InChI is InChI=1S/C18H28N2O3S/c1-18(2)6-4-14-13(8-18)15(17(21)22)16(24-14)12-5-7-23-10-11(12)9-20(3)19/h11-12H,4-10,19H2,1-3H3,(H,21,22)/t11-,12+/m1/s1. The van der Waals surface area contributed by atoms with E-state index in [2.05, 4.69) is 13.8 Å². The van der Waals surface area contributed by atoms with Crippen molar-refractivity contribution in [1.82, 2.24) is 5.01 Å². The van der Waals surface area contributed by atoms with Gasteiger partial charge in [0.25, 0.3) is 0 Å².